The zero-order valence-electron chi connectivity index (χ0n) is 14.1. The van der Waals surface area contributed by atoms with E-state index < -0.39 is 0 Å². The van der Waals surface area contributed by atoms with Crippen molar-refractivity contribution in [2.24, 2.45) is 0 Å². The minimum absolute atomic E-state index is 0.0194. The Balaban J connectivity index is 1.64. The second-order valence-corrected chi connectivity index (χ2v) is 6.07. The van der Waals surface area contributed by atoms with Crippen LogP contribution in [0.1, 0.15) is 23.2 Å². The maximum absolute atomic E-state index is 12.8. The van der Waals surface area contributed by atoms with Gasteiger partial charge in [-0.2, -0.15) is 0 Å². The van der Waals surface area contributed by atoms with Crippen LogP contribution in [-0.4, -0.2) is 59.5 Å². The molecule has 1 saturated heterocycles. The lowest BCUT2D eigenvalue weighted by Gasteiger charge is -2.25. The Morgan fingerprint density at radius 3 is 2.60 bits per heavy atom. The molecule has 0 bridgehead atoms. The fourth-order valence-electron chi connectivity index (χ4n) is 2.92. The molecule has 3 rings (SSSR count). The van der Waals surface area contributed by atoms with E-state index in [0.29, 0.717) is 17.9 Å². The molecule has 0 unspecified atom stereocenters. The van der Waals surface area contributed by atoms with Crippen LogP contribution in [0.25, 0.3) is 0 Å². The van der Waals surface area contributed by atoms with Gasteiger partial charge in [0.15, 0.2) is 5.82 Å². The smallest absolute Gasteiger partial charge is 0.254 e. The van der Waals surface area contributed by atoms with Crippen molar-refractivity contribution in [2.45, 2.75) is 12.8 Å². The molecule has 2 aromatic rings. The summed E-state index contributed by atoms with van der Waals surface area (Å²) in [5.74, 6) is -0.0913. The van der Waals surface area contributed by atoms with E-state index in [1.807, 2.05) is 18.2 Å². The van der Waals surface area contributed by atoms with Gasteiger partial charge in [0.25, 0.3) is 5.91 Å². The summed E-state index contributed by atoms with van der Waals surface area (Å²) >= 11 is 0. The molecule has 0 saturated carbocycles. The highest BCUT2D eigenvalue weighted by Gasteiger charge is 2.21. The molecule has 7 heteroatoms. The average molecular weight is 342 g/mol. The first-order valence-electron chi connectivity index (χ1n) is 8.49. The predicted molar refractivity (Wildman–Crippen MR) is 93.2 cm³/mol. The van der Waals surface area contributed by atoms with E-state index in [4.69, 9.17) is 4.52 Å². The van der Waals surface area contributed by atoms with Gasteiger partial charge in [-0.15, -0.1) is 0 Å². The predicted octanol–water partition coefficient (Wildman–Crippen LogP) is 1.85. The largest absolute Gasteiger partial charge is 0.363 e. The number of aromatic nitrogens is 1. The SMILES string of the molecule is O=C(CN(CCN1CCCC1)C(=O)c1ccccc1)Nc1ccon1. The highest BCUT2D eigenvalue weighted by Crippen LogP contribution is 2.10. The zero-order chi connectivity index (χ0) is 17.5. The molecule has 0 aliphatic carbocycles. The molecule has 1 aromatic heterocycles. The lowest BCUT2D eigenvalue weighted by Crippen LogP contribution is -2.42. The van der Waals surface area contributed by atoms with Crippen LogP contribution in [0, 0.1) is 0 Å². The van der Waals surface area contributed by atoms with Crippen molar-refractivity contribution in [2.75, 3.05) is 38.0 Å². The number of rotatable bonds is 7. The third kappa shape index (κ3) is 4.90. The maximum Gasteiger partial charge on any atom is 0.254 e. The van der Waals surface area contributed by atoms with Crippen LogP contribution in [0.3, 0.4) is 0 Å². The summed E-state index contributed by atoms with van der Waals surface area (Å²) in [7, 11) is 0. The summed E-state index contributed by atoms with van der Waals surface area (Å²) in [6, 6.07) is 10.6. The first-order chi connectivity index (χ1) is 12.2. The maximum atomic E-state index is 12.8. The summed E-state index contributed by atoms with van der Waals surface area (Å²) in [6.45, 7) is 3.38. The normalized spacial score (nSPS) is 14.4. The van der Waals surface area contributed by atoms with Crippen LogP contribution in [0.2, 0.25) is 0 Å². The molecule has 2 amide bonds. The average Bonchev–Trinajstić information content (AvgIpc) is 3.32. The number of carbonyl (C=O) groups is 2. The van der Waals surface area contributed by atoms with E-state index in [0.717, 1.165) is 19.6 Å². The van der Waals surface area contributed by atoms with Crippen LogP contribution >= 0.6 is 0 Å². The molecule has 0 spiro atoms. The monoisotopic (exact) mass is 342 g/mol. The third-order valence-electron chi connectivity index (χ3n) is 4.23. The standard InChI is InChI=1S/C18H22N4O3/c23-17(19-16-8-13-25-20-16)14-22(12-11-21-9-4-5-10-21)18(24)15-6-2-1-3-7-15/h1-3,6-8,13H,4-5,9-12,14H2,(H,19,20,23). The van der Waals surface area contributed by atoms with E-state index in [-0.39, 0.29) is 18.4 Å². The van der Waals surface area contributed by atoms with Gasteiger partial charge in [0.05, 0.1) is 0 Å². The van der Waals surface area contributed by atoms with Crippen molar-refractivity contribution in [3.05, 3.63) is 48.2 Å². The number of likely N-dealkylation sites (tertiary alicyclic amines) is 1. The Morgan fingerprint density at radius 2 is 1.92 bits per heavy atom. The summed E-state index contributed by atoms with van der Waals surface area (Å²) in [6.07, 6.45) is 3.77. The van der Waals surface area contributed by atoms with Gasteiger partial charge in [-0.3, -0.25) is 9.59 Å². The topological polar surface area (TPSA) is 78.7 Å². The Bertz CT molecular complexity index is 682. The minimum Gasteiger partial charge on any atom is -0.363 e. The molecule has 25 heavy (non-hydrogen) atoms. The van der Waals surface area contributed by atoms with Crippen molar-refractivity contribution in [1.82, 2.24) is 15.0 Å². The molecule has 132 valence electrons. The van der Waals surface area contributed by atoms with Crippen molar-refractivity contribution in [3.8, 4) is 0 Å². The molecular weight excluding hydrogens is 320 g/mol. The van der Waals surface area contributed by atoms with Crippen LogP contribution < -0.4 is 5.32 Å². The van der Waals surface area contributed by atoms with E-state index in [9.17, 15) is 9.59 Å². The Hall–Kier alpha value is -2.67. The highest BCUT2D eigenvalue weighted by atomic mass is 16.5. The quantitative estimate of drug-likeness (QED) is 0.831. The summed E-state index contributed by atoms with van der Waals surface area (Å²) in [5, 5.41) is 6.29. The first-order valence-corrected chi connectivity index (χ1v) is 8.49. The molecule has 1 N–H and O–H groups in total. The Morgan fingerprint density at radius 1 is 1.16 bits per heavy atom. The highest BCUT2D eigenvalue weighted by molar-refractivity contribution is 5.99. The molecule has 2 heterocycles. The molecule has 7 nitrogen and oxygen atoms in total. The van der Waals surface area contributed by atoms with Crippen LogP contribution in [0.5, 0.6) is 0 Å². The Kier molecular flexibility index (Phi) is 5.79. The number of hydrogen-bond donors (Lipinski definition) is 1. The molecular formula is C18H22N4O3. The second kappa shape index (κ2) is 8.43. The summed E-state index contributed by atoms with van der Waals surface area (Å²) < 4.78 is 4.70. The second-order valence-electron chi connectivity index (χ2n) is 6.07. The molecule has 1 fully saturated rings. The van der Waals surface area contributed by atoms with Crippen LogP contribution in [0.15, 0.2) is 47.2 Å². The fraction of sp³-hybridized carbons (Fsp3) is 0.389. The van der Waals surface area contributed by atoms with Crippen molar-refractivity contribution >= 4 is 17.6 Å². The number of nitrogens with zero attached hydrogens (tertiary/aromatic N) is 3. The lowest BCUT2D eigenvalue weighted by atomic mass is 10.2. The molecule has 1 aromatic carbocycles. The van der Waals surface area contributed by atoms with Gasteiger partial charge in [-0.05, 0) is 38.1 Å². The van der Waals surface area contributed by atoms with E-state index >= 15 is 0 Å². The number of carbonyl (C=O) groups excluding carboxylic acids is 2. The minimum atomic E-state index is -0.292. The molecule has 1 aliphatic heterocycles. The number of nitrogens with one attached hydrogen (secondary N) is 1. The summed E-state index contributed by atoms with van der Waals surface area (Å²) in [4.78, 5) is 28.9. The van der Waals surface area contributed by atoms with E-state index in [1.165, 1.54) is 19.1 Å². The first kappa shape index (κ1) is 17.2. The number of hydrogen-bond acceptors (Lipinski definition) is 5. The van der Waals surface area contributed by atoms with Crippen LogP contribution in [0.4, 0.5) is 5.82 Å². The van der Waals surface area contributed by atoms with Gasteiger partial charge in [-0.1, -0.05) is 23.4 Å². The van der Waals surface area contributed by atoms with Gasteiger partial charge in [0.2, 0.25) is 5.91 Å². The van der Waals surface area contributed by atoms with Gasteiger partial charge < -0.3 is 19.6 Å². The molecule has 0 radical (unpaired) electrons. The number of amides is 2. The number of anilines is 1. The van der Waals surface area contributed by atoms with Crippen LogP contribution in [-0.2, 0) is 4.79 Å². The van der Waals surface area contributed by atoms with E-state index in [2.05, 4.69) is 15.4 Å². The van der Waals surface area contributed by atoms with Gasteiger partial charge in [-0.25, -0.2) is 0 Å². The van der Waals surface area contributed by atoms with Crippen molar-refractivity contribution in [3.63, 3.8) is 0 Å². The van der Waals surface area contributed by atoms with Gasteiger partial charge in [0, 0.05) is 24.7 Å². The Labute approximate surface area is 146 Å². The summed E-state index contributed by atoms with van der Waals surface area (Å²) in [5.41, 5.74) is 0.582. The number of benzene rings is 1. The van der Waals surface area contributed by atoms with Gasteiger partial charge in [0.1, 0.15) is 12.8 Å². The molecule has 0 atom stereocenters. The lowest BCUT2D eigenvalue weighted by molar-refractivity contribution is -0.117. The fourth-order valence-corrected chi connectivity index (χ4v) is 2.92. The zero-order valence-corrected chi connectivity index (χ0v) is 14.1. The molecule has 1 aliphatic rings. The van der Waals surface area contributed by atoms with E-state index in [1.54, 1.807) is 23.1 Å². The van der Waals surface area contributed by atoms with Crippen molar-refractivity contribution in [1.29, 1.82) is 0 Å². The van der Waals surface area contributed by atoms with Crippen molar-refractivity contribution < 1.29 is 14.1 Å². The third-order valence-corrected chi connectivity index (χ3v) is 4.23. The van der Waals surface area contributed by atoms with Gasteiger partial charge >= 0.3 is 0 Å².